The van der Waals surface area contributed by atoms with Gasteiger partial charge >= 0.3 is 7.56 Å². The molecule has 0 saturated carbocycles. The van der Waals surface area contributed by atoms with Crippen molar-refractivity contribution in [3.63, 3.8) is 0 Å². The molecule has 0 saturated heterocycles. The molecule has 0 amide bonds. The molecule has 6 rings (SSSR count). The van der Waals surface area contributed by atoms with E-state index in [4.69, 9.17) is 0 Å². The van der Waals surface area contributed by atoms with Gasteiger partial charge in [-0.1, -0.05) is 90.4 Å². The minimum atomic E-state index is 0.270. The number of benzene rings is 3. The fourth-order valence-electron chi connectivity index (χ4n) is 5.55. The maximum absolute atomic E-state index is 12.9. The van der Waals surface area contributed by atoms with Gasteiger partial charge in [-0.3, -0.25) is 0 Å². The zero-order valence-corrected chi connectivity index (χ0v) is 19.8. The second-order valence-electron chi connectivity index (χ2n) is 9.60. The largest absolute Gasteiger partial charge is 0.387 e. The van der Waals surface area contributed by atoms with E-state index in [0.717, 1.165) is 45.1 Å². The van der Waals surface area contributed by atoms with Gasteiger partial charge in [0.2, 0.25) is 0 Å². The first kappa shape index (κ1) is 21.9. The molecule has 1 atom stereocenters. The number of nitrogens with zero attached hydrogens (tertiary/aromatic N) is 1. The zero-order chi connectivity index (χ0) is 23.6. The molecular formula is C32H28BFN. The molecule has 35 heavy (non-hydrogen) atoms. The summed E-state index contributed by atoms with van der Waals surface area (Å²) in [6.07, 6.45) is 18.1. The van der Waals surface area contributed by atoms with Crippen LogP contribution in [0.3, 0.4) is 0 Å². The van der Waals surface area contributed by atoms with Gasteiger partial charge in [0.05, 0.1) is 6.04 Å². The molecule has 3 aliphatic carbocycles. The first-order chi connectivity index (χ1) is 17.3. The first-order valence-electron chi connectivity index (χ1n) is 12.6. The van der Waals surface area contributed by atoms with E-state index in [2.05, 4.69) is 102 Å². The number of anilines is 1. The second-order valence-corrected chi connectivity index (χ2v) is 9.60. The van der Waals surface area contributed by atoms with Crippen molar-refractivity contribution >= 4 is 36.2 Å². The summed E-state index contributed by atoms with van der Waals surface area (Å²) in [5.74, 6) is 0. The van der Waals surface area contributed by atoms with Crippen LogP contribution in [0, 0.1) is 0 Å². The maximum atomic E-state index is 12.9. The summed E-state index contributed by atoms with van der Waals surface area (Å²) in [6.45, 7) is 0. The van der Waals surface area contributed by atoms with Crippen LogP contribution in [0.5, 0.6) is 0 Å². The van der Waals surface area contributed by atoms with Crippen molar-refractivity contribution in [2.24, 2.45) is 0 Å². The first-order valence-corrected chi connectivity index (χ1v) is 12.6. The van der Waals surface area contributed by atoms with Crippen molar-refractivity contribution in [2.75, 3.05) is 4.90 Å². The van der Waals surface area contributed by atoms with E-state index in [9.17, 15) is 4.32 Å². The normalized spacial score (nSPS) is 19.3. The third-order valence-corrected chi connectivity index (χ3v) is 7.46. The lowest BCUT2D eigenvalue weighted by molar-refractivity contribution is 0.744. The predicted octanol–water partition coefficient (Wildman–Crippen LogP) is 6.48. The lowest BCUT2D eigenvalue weighted by atomic mass is 9.79. The Morgan fingerprint density at radius 3 is 2.20 bits per heavy atom. The fourth-order valence-corrected chi connectivity index (χ4v) is 5.55. The summed E-state index contributed by atoms with van der Waals surface area (Å²) in [5.41, 5.74) is 6.10. The number of allylic oxidation sites excluding steroid dienone is 8. The van der Waals surface area contributed by atoms with Crippen LogP contribution in [-0.4, -0.2) is 13.6 Å². The van der Waals surface area contributed by atoms with Crippen LogP contribution < -0.4 is 15.3 Å². The Hall–Kier alpha value is -3.59. The highest BCUT2D eigenvalue weighted by atomic mass is 19.1. The topological polar surface area (TPSA) is 3.24 Å². The van der Waals surface area contributed by atoms with E-state index in [0.29, 0.717) is 0 Å². The minimum absolute atomic E-state index is 0.270. The van der Waals surface area contributed by atoms with Crippen molar-refractivity contribution in [3.8, 4) is 0 Å². The van der Waals surface area contributed by atoms with Crippen LogP contribution in [0.1, 0.15) is 32.1 Å². The van der Waals surface area contributed by atoms with Gasteiger partial charge in [-0.15, -0.1) is 0 Å². The Morgan fingerprint density at radius 1 is 0.714 bits per heavy atom. The molecule has 0 fully saturated rings. The average molecular weight is 456 g/mol. The number of halogens is 1. The van der Waals surface area contributed by atoms with Gasteiger partial charge in [0.25, 0.3) is 0 Å². The predicted molar refractivity (Wildman–Crippen MR) is 147 cm³/mol. The molecule has 0 aromatic heterocycles. The zero-order valence-electron chi connectivity index (χ0n) is 19.8. The SMILES string of the molecule is F[B]C1=CC=C(C2=CC=C(N(c3ccc4ccccc4c3)[C@H]3C=c4ccccc4=CC3)CC2)CC1. The molecule has 3 aromatic carbocycles. The van der Waals surface area contributed by atoms with Gasteiger partial charge in [-0.05, 0) is 82.7 Å². The quantitative estimate of drug-likeness (QED) is 0.398. The van der Waals surface area contributed by atoms with Crippen molar-refractivity contribution < 1.29 is 4.32 Å². The molecule has 0 unspecified atom stereocenters. The molecule has 1 nitrogen and oxygen atoms in total. The van der Waals surface area contributed by atoms with Gasteiger partial charge in [0.1, 0.15) is 0 Å². The van der Waals surface area contributed by atoms with Crippen molar-refractivity contribution in [2.45, 2.75) is 38.1 Å². The number of hydrogen-bond donors (Lipinski definition) is 0. The van der Waals surface area contributed by atoms with E-state index in [-0.39, 0.29) is 6.04 Å². The number of fused-ring (bicyclic) bond motifs is 2. The van der Waals surface area contributed by atoms with Crippen LogP contribution in [0.15, 0.2) is 113 Å². The average Bonchev–Trinajstić information content (AvgIpc) is 2.93. The van der Waals surface area contributed by atoms with Crippen LogP contribution >= 0.6 is 0 Å². The number of hydrogen-bond acceptors (Lipinski definition) is 1. The smallest absolute Gasteiger partial charge is 0.338 e. The summed E-state index contributed by atoms with van der Waals surface area (Å²) in [5, 5.41) is 5.16. The van der Waals surface area contributed by atoms with Gasteiger partial charge in [-0.2, -0.15) is 0 Å². The van der Waals surface area contributed by atoms with E-state index >= 15 is 0 Å². The monoisotopic (exact) mass is 456 g/mol. The standard InChI is InChI=1S/C32H28BFN/c34-33-29-15-9-25(10-16-29)26-11-17-30(18-12-26)35(31-19-13-23-5-1-3-7-27(23)21-31)32-20-14-24-6-2-4-8-28(24)22-32/h1-9,11,13-15,17,19,21-22,32H,10,12,16,18,20H2/t32-/m1/s1. The number of rotatable bonds is 5. The van der Waals surface area contributed by atoms with Crippen LogP contribution in [0.25, 0.3) is 22.9 Å². The van der Waals surface area contributed by atoms with Crippen molar-refractivity contribution in [1.29, 1.82) is 0 Å². The molecule has 3 aromatic rings. The molecule has 3 heteroatoms. The lowest BCUT2D eigenvalue weighted by Crippen LogP contribution is -2.40. The molecule has 0 aliphatic heterocycles. The lowest BCUT2D eigenvalue weighted by Gasteiger charge is -2.36. The highest BCUT2D eigenvalue weighted by Crippen LogP contribution is 2.35. The van der Waals surface area contributed by atoms with Gasteiger partial charge in [-0.25, -0.2) is 0 Å². The molecule has 0 bridgehead atoms. The van der Waals surface area contributed by atoms with Crippen LogP contribution in [0.4, 0.5) is 10.0 Å². The molecule has 0 N–H and O–H groups in total. The van der Waals surface area contributed by atoms with Crippen molar-refractivity contribution in [3.05, 3.63) is 124 Å². The van der Waals surface area contributed by atoms with Crippen LogP contribution in [-0.2, 0) is 0 Å². The van der Waals surface area contributed by atoms with Gasteiger partial charge in [0.15, 0.2) is 0 Å². The van der Waals surface area contributed by atoms with Gasteiger partial charge < -0.3 is 9.22 Å². The fraction of sp³-hybridized carbons (Fsp3) is 0.188. The Bertz CT molecular complexity index is 1520. The Labute approximate surface area is 207 Å². The Morgan fingerprint density at radius 2 is 1.46 bits per heavy atom. The Balaban J connectivity index is 1.40. The molecule has 0 heterocycles. The highest BCUT2D eigenvalue weighted by Gasteiger charge is 2.24. The third kappa shape index (κ3) is 4.43. The van der Waals surface area contributed by atoms with Crippen LogP contribution in [0.2, 0.25) is 0 Å². The van der Waals surface area contributed by atoms with E-state index in [1.165, 1.54) is 43.7 Å². The highest BCUT2D eigenvalue weighted by molar-refractivity contribution is 6.37. The summed E-state index contributed by atoms with van der Waals surface area (Å²) in [4.78, 5) is 2.54. The van der Waals surface area contributed by atoms with E-state index < -0.39 is 0 Å². The molecule has 1 radical (unpaired) electrons. The summed E-state index contributed by atoms with van der Waals surface area (Å²) >= 11 is 0. The van der Waals surface area contributed by atoms with E-state index in [1.807, 2.05) is 6.08 Å². The minimum Gasteiger partial charge on any atom is -0.338 e. The second kappa shape index (κ2) is 9.58. The third-order valence-electron chi connectivity index (χ3n) is 7.46. The molecule has 171 valence electrons. The summed E-state index contributed by atoms with van der Waals surface area (Å²) < 4.78 is 12.9. The summed E-state index contributed by atoms with van der Waals surface area (Å²) in [6, 6.07) is 24.3. The van der Waals surface area contributed by atoms with Crippen molar-refractivity contribution in [1.82, 2.24) is 0 Å². The summed E-state index contributed by atoms with van der Waals surface area (Å²) in [7, 11) is 0.734. The molecule has 0 spiro atoms. The van der Waals surface area contributed by atoms with Gasteiger partial charge in [0, 0.05) is 11.4 Å². The van der Waals surface area contributed by atoms with E-state index in [1.54, 1.807) is 0 Å². The molecule has 3 aliphatic rings. The Kier molecular flexibility index (Phi) is 6.00. The maximum Gasteiger partial charge on any atom is 0.387 e. The molecular weight excluding hydrogens is 428 g/mol.